The van der Waals surface area contributed by atoms with Crippen LogP contribution in [0.15, 0.2) is 0 Å². The smallest absolute Gasteiger partial charge is 0.106 e. The molecule has 0 aromatic rings. The van der Waals surface area contributed by atoms with Crippen molar-refractivity contribution in [3.63, 3.8) is 0 Å². The van der Waals surface area contributed by atoms with Crippen molar-refractivity contribution >= 4 is 0 Å². The third-order valence-electron chi connectivity index (χ3n) is 3.98. The second kappa shape index (κ2) is 8.49. The molecule has 1 unspecified atom stereocenters. The number of nitrogens with one attached hydrogen (secondary N) is 1. The van der Waals surface area contributed by atoms with Gasteiger partial charge in [0.05, 0.1) is 6.07 Å². The van der Waals surface area contributed by atoms with E-state index < -0.39 is 0 Å². The molecule has 0 radical (unpaired) electrons. The van der Waals surface area contributed by atoms with Gasteiger partial charge < -0.3 is 10.2 Å². The Hall–Kier alpha value is -0.590. The Labute approximate surface area is 107 Å². The summed E-state index contributed by atoms with van der Waals surface area (Å²) in [6, 6.07) is 3.10. The van der Waals surface area contributed by atoms with Crippen LogP contribution < -0.4 is 5.32 Å². The molecule has 0 aliphatic heterocycles. The molecule has 0 aromatic carbocycles. The predicted octanol–water partition coefficient (Wildman–Crippen LogP) is 2.78. The van der Waals surface area contributed by atoms with E-state index in [1.807, 2.05) is 7.05 Å². The summed E-state index contributed by atoms with van der Waals surface area (Å²) >= 11 is 0. The molecular weight excluding hydrogens is 210 g/mol. The van der Waals surface area contributed by atoms with Crippen molar-refractivity contribution < 1.29 is 0 Å². The summed E-state index contributed by atoms with van der Waals surface area (Å²) in [6.45, 7) is 7.63. The molecule has 1 atom stereocenters. The average molecular weight is 239 g/mol. The third-order valence-corrected chi connectivity index (χ3v) is 3.98. The Morgan fingerprint density at radius 2 is 1.88 bits per heavy atom. The minimum Gasteiger partial charge on any atom is -0.303 e. The van der Waals surface area contributed by atoms with Crippen molar-refractivity contribution in [2.24, 2.45) is 0 Å². The summed E-state index contributed by atoms with van der Waals surface area (Å²) in [6.07, 6.45) is 5.29. The van der Waals surface area contributed by atoms with Crippen LogP contribution in [0.3, 0.4) is 0 Å². The van der Waals surface area contributed by atoms with E-state index in [9.17, 15) is 5.26 Å². The van der Waals surface area contributed by atoms with E-state index in [2.05, 4.69) is 44.1 Å². The van der Waals surface area contributed by atoms with E-state index >= 15 is 0 Å². The molecule has 3 heteroatoms. The van der Waals surface area contributed by atoms with Gasteiger partial charge in [-0.25, -0.2) is 0 Å². The quantitative estimate of drug-likeness (QED) is 0.672. The van der Waals surface area contributed by atoms with Crippen LogP contribution in [0.1, 0.15) is 52.9 Å². The van der Waals surface area contributed by atoms with E-state index in [-0.39, 0.29) is 5.54 Å². The van der Waals surface area contributed by atoms with Gasteiger partial charge >= 0.3 is 0 Å². The highest BCUT2D eigenvalue weighted by Crippen LogP contribution is 2.17. The van der Waals surface area contributed by atoms with Crippen LogP contribution in [0, 0.1) is 11.3 Å². The van der Waals surface area contributed by atoms with Gasteiger partial charge in [0.15, 0.2) is 0 Å². The van der Waals surface area contributed by atoms with Gasteiger partial charge in [0.1, 0.15) is 5.54 Å². The number of rotatable bonds is 9. The molecule has 0 aromatic heterocycles. The minimum atomic E-state index is -0.325. The van der Waals surface area contributed by atoms with Gasteiger partial charge in [0, 0.05) is 6.04 Å². The van der Waals surface area contributed by atoms with E-state index in [4.69, 9.17) is 0 Å². The van der Waals surface area contributed by atoms with Gasteiger partial charge in [-0.1, -0.05) is 20.8 Å². The maximum Gasteiger partial charge on any atom is 0.106 e. The highest BCUT2D eigenvalue weighted by molar-refractivity contribution is 5.05. The Balaban J connectivity index is 4.09. The van der Waals surface area contributed by atoms with Crippen LogP contribution in [0.5, 0.6) is 0 Å². The number of nitriles is 1. The maximum atomic E-state index is 9.22. The molecule has 3 nitrogen and oxygen atoms in total. The van der Waals surface area contributed by atoms with Crippen LogP contribution >= 0.6 is 0 Å². The summed E-state index contributed by atoms with van der Waals surface area (Å²) in [7, 11) is 4.08. The molecule has 0 saturated carbocycles. The summed E-state index contributed by atoms with van der Waals surface area (Å²) in [4.78, 5) is 2.42. The van der Waals surface area contributed by atoms with Crippen LogP contribution in [-0.4, -0.2) is 37.1 Å². The zero-order valence-corrected chi connectivity index (χ0v) is 12.2. The lowest BCUT2D eigenvalue weighted by atomic mass is 9.92. The largest absolute Gasteiger partial charge is 0.303 e. The van der Waals surface area contributed by atoms with Crippen LogP contribution in [0.2, 0.25) is 0 Å². The molecule has 0 rings (SSSR count). The zero-order chi connectivity index (χ0) is 13.3. The fourth-order valence-electron chi connectivity index (χ4n) is 2.39. The zero-order valence-electron chi connectivity index (χ0n) is 12.2. The van der Waals surface area contributed by atoms with Crippen molar-refractivity contribution in [3.8, 4) is 6.07 Å². The van der Waals surface area contributed by atoms with Crippen LogP contribution in [0.25, 0.3) is 0 Å². The van der Waals surface area contributed by atoms with Gasteiger partial charge in [-0.05, 0) is 52.7 Å². The lowest BCUT2D eigenvalue weighted by Crippen LogP contribution is -2.41. The molecule has 0 aliphatic carbocycles. The molecule has 100 valence electrons. The molecule has 0 spiro atoms. The van der Waals surface area contributed by atoms with E-state index in [0.29, 0.717) is 6.04 Å². The second-order valence-electron chi connectivity index (χ2n) is 4.85. The van der Waals surface area contributed by atoms with Gasteiger partial charge in [-0.3, -0.25) is 0 Å². The summed E-state index contributed by atoms with van der Waals surface area (Å²) < 4.78 is 0. The van der Waals surface area contributed by atoms with Crippen molar-refractivity contribution in [3.05, 3.63) is 0 Å². The Morgan fingerprint density at radius 1 is 1.29 bits per heavy atom. The topological polar surface area (TPSA) is 39.1 Å². The Kier molecular flexibility index (Phi) is 8.20. The number of hydrogen-bond donors (Lipinski definition) is 1. The summed E-state index contributed by atoms with van der Waals surface area (Å²) in [5.41, 5.74) is -0.325. The molecule has 0 amide bonds. The molecule has 0 heterocycles. The normalized spacial score (nSPS) is 14.9. The molecular formula is C14H29N3. The first-order chi connectivity index (χ1) is 8.09. The average Bonchev–Trinajstić information content (AvgIpc) is 2.37. The van der Waals surface area contributed by atoms with Gasteiger partial charge in [0.2, 0.25) is 0 Å². The lowest BCUT2D eigenvalue weighted by molar-refractivity contribution is 0.218. The molecule has 1 N–H and O–H groups in total. The first-order valence-electron chi connectivity index (χ1n) is 6.89. The molecule has 0 saturated heterocycles. The van der Waals surface area contributed by atoms with Gasteiger partial charge in [-0.15, -0.1) is 0 Å². The Morgan fingerprint density at radius 3 is 2.24 bits per heavy atom. The summed E-state index contributed by atoms with van der Waals surface area (Å²) in [5.74, 6) is 0. The standard InChI is InChI=1S/C14H29N3/c1-6-13(7-2)17(5)11-9-10-14(8-3,12-15)16-4/h13,16H,6-11H2,1-5H3. The number of nitrogens with zero attached hydrogens (tertiary/aromatic N) is 2. The monoisotopic (exact) mass is 239 g/mol. The van der Waals surface area contributed by atoms with Crippen molar-refractivity contribution in [1.29, 1.82) is 5.26 Å². The number of hydrogen-bond acceptors (Lipinski definition) is 3. The van der Waals surface area contributed by atoms with Crippen molar-refractivity contribution in [2.75, 3.05) is 20.6 Å². The van der Waals surface area contributed by atoms with E-state index in [1.54, 1.807) is 0 Å². The fraction of sp³-hybridized carbons (Fsp3) is 0.929. The van der Waals surface area contributed by atoms with Crippen LogP contribution in [0.4, 0.5) is 0 Å². The first-order valence-corrected chi connectivity index (χ1v) is 6.89. The predicted molar refractivity (Wildman–Crippen MR) is 73.9 cm³/mol. The highest BCUT2D eigenvalue weighted by atomic mass is 15.1. The van der Waals surface area contributed by atoms with E-state index in [0.717, 1.165) is 25.8 Å². The molecule has 0 bridgehead atoms. The summed E-state index contributed by atoms with van der Waals surface area (Å²) in [5, 5.41) is 12.4. The lowest BCUT2D eigenvalue weighted by Gasteiger charge is -2.29. The van der Waals surface area contributed by atoms with Gasteiger partial charge in [-0.2, -0.15) is 5.26 Å². The SMILES string of the molecule is CCC(CC)N(C)CCCC(C#N)(CC)NC. The third kappa shape index (κ3) is 5.06. The molecule has 0 fully saturated rings. The fourth-order valence-corrected chi connectivity index (χ4v) is 2.39. The molecule has 0 aliphatic rings. The minimum absolute atomic E-state index is 0.325. The van der Waals surface area contributed by atoms with Crippen LogP contribution in [-0.2, 0) is 0 Å². The molecule has 17 heavy (non-hydrogen) atoms. The van der Waals surface area contributed by atoms with E-state index in [1.165, 1.54) is 12.8 Å². The van der Waals surface area contributed by atoms with Gasteiger partial charge in [0.25, 0.3) is 0 Å². The Bertz CT molecular complexity index is 224. The second-order valence-corrected chi connectivity index (χ2v) is 4.85. The van der Waals surface area contributed by atoms with Crippen molar-refractivity contribution in [1.82, 2.24) is 10.2 Å². The van der Waals surface area contributed by atoms with Crippen molar-refractivity contribution in [2.45, 2.75) is 64.5 Å². The first kappa shape index (κ1) is 16.4. The maximum absolute atomic E-state index is 9.22. The highest BCUT2D eigenvalue weighted by Gasteiger charge is 2.25.